The van der Waals surface area contributed by atoms with Gasteiger partial charge >= 0.3 is 0 Å². The van der Waals surface area contributed by atoms with Crippen molar-refractivity contribution in [2.24, 2.45) is 0 Å². The lowest BCUT2D eigenvalue weighted by Gasteiger charge is -2.25. The van der Waals surface area contributed by atoms with Gasteiger partial charge in [-0.2, -0.15) is 0 Å². The molecule has 3 aromatic rings. The minimum atomic E-state index is -0.0485. The van der Waals surface area contributed by atoms with E-state index in [9.17, 15) is 4.79 Å². The molecule has 104 valence electrons. The summed E-state index contributed by atoms with van der Waals surface area (Å²) in [6.07, 6.45) is 2.39. The van der Waals surface area contributed by atoms with Gasteiger partial charge in [-0.3, -0.25) is 4.79 Å². The molecule has 4 rings (SSSR count). The highest BCUT2D eigenvalue weighted by molar-refractivity contribution is 5.95. The van der Waals surface area contributed by atoms with Crippen LogP contribution in [0.4, 0.5) is 0 Å². The lowest BCUT2D eigenvalue weighted by atomic mass is 10.1. The first-order valence-corrected chi connectivity index (χ1v) is 6.89. The number of pyridine rings is 1. The zero-order valence-corrected chi connectivity index (χ0v) is 11.3. The molecule has 0 N–H and O–H groups in total. The molecule has 1 aliphatic rings. The first-order valence-electron chi connectivity index (χ1n) is 6.89. The average molecular weight is 279 g/mol. The average Bonchev–Trinajstić information content (AvgIpc) is 3.01. The number of amides is 1. The van der Waals surface area contributed by atoms with Gasteiger partial charge in [0.05, 0.1) is 18.3 Å². The van der Waals surface area contributed by atoms with E-state index >= 15 is 0 Å². The molecule has 3 heterocycles. The van der Waals surface area contributed by atoms with Crippen LogP contribution in [0.25, 0.3) is 10.9 Å². The number of fused-ring (bicyclic) bond motifs is 2. The van der Waals surface area contributed by atoms with Crippen LogP contribution >= 0.6 is 0 Å². The number of benzene rings is 1. The van der Waals surface area contributed by atoms with E-state index < -0.39 is 0 Å². The Morgan fingerprint density at radius 3 is 3.05 bits per heavy atom. The fourth-order valence-electron chi connectivity index (χ4n) is 2.66. The summed E-state index contributed by atoms with van der Waals surface area (Å²) in [5, 5.41) is 4.82. The molecule has 2 aromatic heterocycles. The Labute approximate surface area is 121 Å². The second-order valence-corrected chi connectivity index (χ2v) is 5.14. The van der Waals surface area contributed by atoms with Gasteiger partial charge in [0, 0.05) is 23.9 Å². The van der Waals surface area contributed by atoms with Crippen LogP contribution in [-0.4, -0.2) is 27.5 Å². The summed E-state index contributed by atoms with van der Waals surface area (Å²) in [5.74, 6) is 0.832. The van der Waals surface area contributed by atoms with E-state index in [0.717, 1.165) is 22.2 Å². The molecular weight excluding hydrogens is 266 g/mol. The fraction of sp³-hybridized carbons (Fsp3) is 0.188. The van der Waals surface area contributed by atoms with Crippen molar-refractivity contribution in [1.29, 1.82) is 0 Å². The number of carbonyl (C=O) groups is 1. The molecule has 0 saturated heterocycles. The lowest BCUT2D eigenvalue weighted by Crippen LogP contribution is -2.35. The van der Waals surface area contributed by atoms with Crippen molar-refractivity contribution >= 4 is 16.8 Å². The van der Waals surface area contributed by atoms with Crippen LogP contribution < -0.4 is 0 Å². The van der Waals surface area contributed by atoms with Crippen molar-refractivity contribution in [2.45, 2.75) is 13.0 Å². The van der Waals surface area contributed by atoms with Gasteiger partial charge in [0.25, 0.3) is 5.91 Å². The highest BCUT2D eigenvalue weighted by atomic mass is 16.5. The molecule has 0 aliphatic carbocycles. The van der Waals surface area contributed by atoms with Gasteiger partial charge in [-0.15, -0.1) is 0 Å². The van der Waals surface area contributed by atoms with Crippen LogP contribution in [0.1, 0.15) is 21.8 Å². The SMILES string of the molecule is O=C(c1ccc2ccccc2n1)N1CCc2oncc2C1. The fourth-order valence-corrected chi connectivity index (χ4v) is 2.66. The van der Waals surface area contributed by atoms with Crippen LogP contribution in [0, 0.1) is 0 Å². The summed E-state index contributed by atoms with van der Waals surface area (Å²) in [5.41, 5.74) is 2.30. The van der Waals surface area contributed by atoms with E-state index in [1.54, 1.807) is 17.2 Å². The van der Waals surface area contributed by atoms with Gasteiger partial charge in [-0.25, -0.2) is 4.98 Å². The van der Waals surface area contributed by atoms with Crippen molar-refractivity contribution in [3.63, 3.8) is 0 Å². The first kappa shape index (κ1) is 12.1. The Kier molecular flexibility index (Phi) is 2.70. The number of hydrogen-bond donors (Lipinski definition) is 0. The highest BCUT2D eigenvalue weighted by Crippen LogP contribution is 2.20. The number of para-hydroxylation sites is 1. The zero-order chi connectivity index (χ0) is 14.2. The molecule has 0 atom stereocenters. The van der Waals surface area contributed by atoms with Gasteiger partial charge in [0.15, 0.2) is 0 Å². The zero-order valence-electron chi connectivity index (χ0n) is 11.3. The molecule has 5 nitrogen and oxygen atoms in total. The van der Waals surface area contributed by atoms with Crippen molar-refractivity contribution in [3.05, 3.63) is 59.6 Å². The first-order chi connectivity index (χ1) is 10.3. The van der Waals surface area contributed by atoms with Crippen LogP contribution in [-0.2, 0) is 13.0 Å². The van der Waals surface area contributed by atoms with Gasteiger partial charge in [-0.05, 0) is 12.1 Å². The van der Waals surface area contributed by atoms with E-state index in [4.69, 9.17) is 4.52 Å². The van der Waals surface area contributed by atoms with Crippen molar-refractivity contribution in [1.82, 2.24) is 15.0 Å². The molecular formula is C16H13N3O2. The molecule has 5 heteroatoms. The van der Waals surface area contributed by atoms with E-state index in [1.165, 1.54) is 0 Å². The minimum absolute atomic E-state index is 0.0485. The maximum Gasteiger partial charge on any atom is 0.272 e. The van der Waals surface area contributed by atoms with E-state index in [0.29, 0.717) is 25.2 Å². The van der Waals surface area contributed by atoms with Gasteiger partial charge in [0.2, 0.25) is 0 Å². The van der Waals surface area contributed by atoms with Crippen LogP contribution in [0.2, 0.25) is 0 Å². The summed E-state index contributed by atoms with van der Waals surface area (Å²) in [7, 11) is 0. The molecule has 0 spiro atoms. The molecule has 0 radical (unpaired) electrons. The van der Waals surface area contributed by atoms with E-state index in [1.807, 2.05) is 30.3 Å². The molecule has 1 aromatic carbocycles. The standard InChI is InChI=1S/C16H13N3O2/c20-16(19-8-7-15-12(10-19)9-17-21-15)14-6-5-11-3-1-2-4-13(11)18-14/h1-6,9H,7-8,10H2. The Morgan fingerprint density at radius 1 is 1.19 bits per heavy atom. The van der Waals surface area contributed by atoms with Gasteiger partial charge in [-0.1, -0.05) is 29.4 Å². The summed E-state index contributed by atoms with van der Waals surface area (Å²) in [4.78, 5) is 18.8. The Hall–Kier alpha value is -2.69. The summed E-state index contributed by atoms with van der Waals surface area (Å²) in [6.45, 7) is 1.17. The molecule has 1 amide bonds. The topological polar surface area (TPSA) is 59.2 Å². The lowest BCUT2D eigenvalue weighted by molar-refractivity contribution is 0.0723. The number of rotatable bonds is 1. The van der Waals surface area contributed by atoms with E-state index in [-0.39, 0.29) is 5.91 Å². The summed E-state index contributed by atoms with van der Waals surface area (Å²) in [6, 6.07) is 11.5. The maximum atomic E-state index is 12.6. The normalized spacial score (nSPS) is 14.2. The number of nitrogens with zero attached hydrogens (tertiary/aromatic N) is 3. The molecule has 0 saturated carbocycles. The molecule has 1 aliphatic heterocycles. The quantitative estimate of drug-likeness (QED) is 0.686. The number of hydrogen-bond acceptors (Lipinski definition) is 4. The Balaban J connectivity index is 1.64. The van der Waals surface area contributed by atoms with Gasteiger partial charge < -0.3 is 9.42 Å². The van der Waals surface area contributed by atoms with Crippen molar-refractivity contribution < 1.29 is 9.32 Å². The molecule has 0 bridgehead atoms. The predicted molar refractivity (Wildman–Crippen MR) is 76.7 cm³/mol. The third-order valence-electron chi connectivity index (χ3n) is 3.80. The molecule has 0 unspecified atom stereocenters. The molecule has 21 heavy (non-hydrogen) atoms. The minimum Gasteiger partial charge on any atom is -0.361 e. The second kappa shape index (κ2) is 4.70. The monoisotopic (exact) mass is 279 g/mol. The predicted octanol–water partition coefficient (Wildman–Crippen LogP) is 2.42. The Morgan fingerprint density at radius 2 is 2.10 bits per heavy atom. The summed E-state index contributed by atoms with van der Waals surface area (Å²) >= 11 is 0. The van der Waals surface area contributed by atoms with Crippen LogP contribution in [0.5, 0.6) is 0 Å². The largest absolute Gasteiger partial charge is 0.361 e. The number of carbonyl (C=O) groups excluding carboxylic acids is 1. The second-order valence-electron chi connectivity index (χ2n) is 5.14. The summed E-state index contributed by atoms with van der Waals surface area (Å²) < 4.78 is 5.14. The number of aromatic nitrogens is 2. The molecule has 0 fully saturated rings. The third-order valence-corrected chi connectivity index (χ3v) is 3.80. The third kappa shape index (κ3) is 2.07. The van der Waals surface area contributed by atoms with Crippen LogP contribution in [0.15, 0.2) is 47.1 Å². The van der Waals surface area contributed by atoms with E-state index in [2.05, 4.69) is 10.1 Å². The van der Waals surface area contributed by atoms with Crippen molar-refractivity contribution in [3.8, 4) is 0 Å². The maximum absolute atomic E-state index is 12.6. The highest BCUT2D eigenvalue weighted by Gasteiger charge is 2.25. The van der Waals surface area contributed by atoms with Crippen LogP contribution in [0.3, 0.4) is 0 Å². The van der Waals surface area contributed by atoms with Gasteiger partial charge in [0.1, 0.15) is 11.5 Å². The van der Waals surface area contributed by atoms with Crippen molar-refractivity contribution in [2.75, 3.05) is 6.54 Å². The smallest absolute Gasteiger partial charge is 0.272 e. The Bertz CT molecular complexity index is 825.